The molecule has 0 saturated carbocycles. The first-order valence-electron chi connectivity index (χ1n) is 4.15. The van der Waals surface area contributed by atoms with Gasteiger partial charge >= 0.3 is 11.9 Å². The largest absolute Gasteiger partial charge is 0.480 e. The summed E-state index contributed by atoms with van der Waals surface area (Å²) in [5, 5.41) is 8.50. The molecule has 5 nitrogen and oxygen atoms in total. The van der Waals surface area contributed by atoms with Gasteiger partial charge in [0.2, 0.25) is 0 Å². The molecule has 0 spiro atoms. The Morgan fingerprint density at radius 3 is 2.71 bits per heavy atom. The fourth-order valence-corrected chi connectivity index (χ4v) is 1.53. The van der Waals surface area contributed by atoms with E-state index in [4.69, 9.17) is 5.11 Å². The third-order valence-corrected chi connectivity index (χ3v) is 2.17. The summed E-state index contributed by atoms with van der Waals surface area (Å²) in [4.78, 5) is 23.1. The van der Waals surface area contributed by atoms with Crippen LogP contribution in [0.4, 0.5) is 0 Å². The maximum Gasteiger partial charge on any atom is 0.317 e. The number of esters is 1. The molecule has 14 heavy (non-hydrogen) atoms. The summed E-state index contributed by atoms with van der Waals surface area (Å²) < 4.78 is 4.57. The Kier molecular flexibility index (Phi) is 5.49. The highest BCUT2D eigenvalue weighted by molar-refractivity contribution is 5.85. The number of aliphatic carboxylic acids is 1. The van der Waals surface area contributed by atoms with Crippen LogP contribution in [0.3, 0.4) is 0 Å². The first-order valence-corrected chi connectivity index (χ1v) is 4.15. The highest BCUT2D eigenvalue weighted by atomic mass is 35.5. The van der Waals surface area contributed by atoms with Crippen LogP contribution in [0.15, 0.2) is 0 Å². The molecule has 1 aliphatic rings. The van der Waals surface area contributed by atoms with Crippen molar-refractivity contribution in [2.24, 2.45) is 5.92 Å². The van der Waals surface area contributed by atoms with Crippen molar-refractivity contribution in [3.63, 3.8) is 0 Å². The van der Waals surface area contributed by atoms with Gasteiger partial charge in [0.1, 0.15) is 0 Å². The standard InChI is InChI=1S/C8H13NO4.ClH/c1-13-8(12)6-2-3-9(4-6)5-7(10)11;/h6H,2-5H2,1H3,(H,10,11);1H/t6-;/m1./s1. The molecule has 0 aliphatic carbocycles. The third-order valence-electron chi connectivity index (χ3n) is 2.17. The van der Waals surface area contributed by atoms with Crippen LogP contribution in [0.25, 0.3) is 0 Å². The first-order chi connectivity index (χ1) is 6.13. The van der Waals surface area contributed by atoms with E-state index in [9.17, 15) is 9.59 Å². The van der Waals surface area contributed by atoms with Crippen LogP contribution >= 0.6 is 12.4 Å². The van der Waals surface area contributed by atoms with Crippen molar-refractivity contribution >= 4 is 24.3 Å². The smallest absolute Gasteiger partial charge is 0.317 e. The summed E-state index contributed by atoms with van der Waals surface area (Å²) in [5.74, 6) is -1.25. The van der Waals surface area contributed by atoms with Gasteiger partial charge in [-0.05, 0) is 13.0 Å². The predicted octanol–water partition coefficient (Wildman–Crippen LogP) is -0.0123. The van der Waals surface area contributed by atoms with E-state index in [1.807, 2.05) is 0 Å². The minimum absolute atomic E-state index is 0. The van der Waals surface area contributed by atoms with Gasteiger partial charge < -0.3 is 9.84 Å². The molecule has 0 bridgehead atoms. The molecule has 1 aliphatic heterocycles. The molecule has 1 saturated heterocycles. The molecular weight excluding hydrogens is 210 g/mol. The highest BCUT2D eigenvalue weighted by Gasteiger charge is 2.29. The number of hydrogen-bond donors (Lipinski definition) is 1. The molecule has 0 aromatic heterocycles. The van der Waals surface area contributed by atoms with Gasteiger partial charge in [-0.15, -0.1) is 12.4 Å². The second-order valence-electron chi connectivity index (χ2n) is 3.14. The van der Waals surface area contributed by atoms with Gasteiger partial charge in [-0.2, -0.15) is 0 Å². The van der Waals surface area contributed by atoms with Crippen molar-refractivity contribution in [2.75, 3.05) is 26.7 Å². The fourth-order valence-electron chi connectivity index (χ4n) is 1.53. The number of hydrogen-bond acceptors (Lipinski definition) is 4. The van der Waals surface area contributed by atoms with Crippen LogP contribution < -0.4 is 0 Å². The van der Waals surface area contributed by atoms with E-state index in [2.05, 4.69) is 4.74 Å². The average molecular weight is 224 g/mol. The predicted molar refractivity (Wildman–Crippen MR) is 51.4 cm³/mol. The zero-order valence-electron chi connectivity index (χ0n) is 7.93. The molecule has 1 rings (SSSR count). The first kappa shape index (κ1) is 13.2. The molecule has 0 aromatic rings. The topological polar surface area (TPSA) is 66.8 Å². The molecule has 0 unspecified atom stereocenters. The van der Waals surface area contributed by atoms with E-state index in [1.54, 1.807) is 4.90 Å². The Morgan fingerprint density at radius 2 is 2.21 bits per heavy atom. The minimum atomic E-state index is -0.856. The maximum absolute atomic E-state index is 11.0. The summed E-state index contributed by atoms with van der Waals surface area (Å²) in [5.41, 5.74) is 0. The van der Waals surface area contributed by atoms with Crippen molar-refractivity contribution in [3.05, 3.63) is 0 Å². The van der Waals surface area contributed by atoms with E-state index in [1.165, 1.54) is 7.11 Å². The lowest BCUT2D eigenvalue weighted by molar-refractivity contribution is -0.145. The maximum atomic E-state index is 11.0. The number of ether oxygens (including phenoxy) is 1. The summed E-state index contributed by atoms with van der Waals surface area (Å²) >= 11 is 0. The Hall–Kier alpha value is -0.810. The molecule has 6 heteroatoms. The van der Waals surface area contributed by atoms with E-state index in [0.717, 1.165) is 0 Å². The Morgan fingerprint density at radius 1 is 1.57 bits per heavy atom. The lowest BCUT2D eigenvalue weighted by Crippen LogP contribution is -2.29. The van der Waals surface area contributed by atoms with Gasteiger partial charge in [0.05, 0.1) is 19.6 Å². The molecule has 0 radical (unpaired) electrons. The number of likely N-dealkylation sites (tertiary alicyclic amines) is 1. The number of carbonyl (C=O) groups excluding carboxylic acids is 1. The summed E-state index contributed by atoms with van der Waals surface area (Å²) in [6, 6.07) is 0. The third kappa shape index (κ3) is 3.51. The van der Waals surface area contributed by atoms with Crippen molar-refractivity contribution < 1.29 is 19.4 Å². The molecule has 0 amide bonds. The van der Waals surface area contributed by atoms with Gasteiger partial charge in [-0.25, -0.2) is 0 Å². The number of methoxy groups -OCH3 is 1. The highest BCUT2D eigenvalue weighted by Crippen LogP contribution is 2.16. The van der Waals surface area contributed by atoms with Gasteiger partial charge in [-0.1, -0.05) is 0 Å². The molecule has 1 fully saturated rings. The van der Waals surface area contributed by atoms with E-state index in [0.29, 0.717) is 19.5 Å². The van der Waals surface area contributed by atoms with Gasteiger partial charge in [-0.3, -0.25) is 14.5 Å². The second kappa shape index (κ2) is 5.82. The van der Waals surface area contributed by atoms with E-state index < -0.39 is 5.97 Å². The number of nitrogens with zero attached hydrogens (tertiary/aromatic N) is 1. The number of carboxylic acids is 1. The van der Waals surface area contributed by atoms with Crippen molar-refractivity contribution in [1.82, 2.24) is 4.90 Å². The van der Waals surface area contributed by atoms with E-state index in [-0.39, 0.29) is 30.8 Å². The Balaban J connectivity index is 0.00000169. The van der Waals surface area contributed by atoms with Crippen LogP contribution in [0, 0.1) is 5.92 Å². The van der Waals surface area contributed by atoms with Gasteiger partial charge in [0.15, 0.2) is 0 Å². The summed E-state index contributed by atoms with van der Waals surface area (Å²) in [7, 11) is 1.35. The molecule has 1 heterocycles. The monoisotopic (exact) mass is 223 g/mol. The lowest BCUT2D eigenvalue weighted by atomic mass is 10.1. The fraction of sp³-hybridized carbons (Fsp3) is 0.750. The van der Waals surface area contributed by atoms with Crippen LogP contribution in [-0.2, 0) is 14.3 Å². The normalized spacial score (nSPS) is 21.4. The van der Waals surface area contributed by atoms with Gasteiger partial charge in [0, 0.05) is 6.54 Å². The van der Waals surface area contributed by atoms with Crippen LogP contribution in [0.1, 0.15) is 6.42 Å². The van der Waals surface area contributed by atoms with Crippen molar-refractivity contribution in [2.45, 2.75) is 6.42 Å². The SMILES string of the molecule is COC(=O)[C@@H]1CCN(CC(=O)O)C1.Cl. The number of carboxylic acid groups (broad SMARTS) is 1. The van der Waals surface area contributed by atoms with E-state index >= 15 is 0 Å². The molecular formula is C8H14ClNO4. The number of carbonyl (C=O) groups is 2. The lowest BCUT2D eigenvalue weighted by Gasteiger charge is -2.11. The molecule has 0 aromatic carbocycles. The quantitative estimate of drug-likeness (QED) is 0.682. The van der Waals surface area contributed by atoms with Gasteiger partial charge in [0.25, 0.3) is 0 Å². The zero-order valence-corrected chi connectivity index (χ0v) is 8.75. The zero-order chi connectivity index (χ0) is 9.84. The minimum Gasteiger partial charge on any atom is -0.480 e. The second-order valence-corrected chi connectivity index (χ2v) is 3.14. The summed E-state index contributed by atoms with van der Waals surface area (Å²) in [6.07, 6.45) is 0.694. The summed E-state index contributed by atoms with van der Waals surface area (Å²) in [6.45, 7) is 1.17. The van der Waals surface area contributed by atoms with Crippen LogP contribution in [0.2, 0.25) is 0 Å². The number of rotatable bonds is 3. The van der Waals surface area contributed by atoms with Crippen molar-refractivity contribution in [1.29, 1.82) is 0 Å². The van der Waals surface area contributed by atoms with Crippen LogP contribution in [0.5, 0.6) is 0 Å². The molecule has 1 N–H and O–H groups in total. The van der Waals surface area contributed by atoms with Crippen molar-refractivity contribution in [3.8, 4) is 0 Å². The number of halogens is 1. The Labute approximate surface area is 88.4 Å². The molecule has 1 atom stereocenters. The Bertz CT molecular complexity index is 221. The molecule has 82 valence electrons. The van der Waals surface area contributed by atoms with Crippen LogP contribution in [-0.4, -0.2) is 48.7 Å². The average Bonchev–Trinajstić information content (AvgIpc) is 2.50.